The Balaban J connectivity index is 1.35. The number of rotatable bonds is 14. The predicted octanol–water partition coefficient (Wildman–Crippen LogP) is 5.38. The fourth-order valence-electron chi connectivity index (χ4n) is 4.27. The maximum absolute atomic E-state index is 11.2. The van der Waals surface area contributed by atoms with Crippen molar-refractivity contribution < 1.29 is 19.4 Å². The average Bonchev–Trinajstić information content (AvgIpc) is 3.58. The summed E-state index contributed by atoms with van der Waals surface area (Å²) in [5.41, 5.74) is 3.68. The highest BCUT2D eigenvalue weighted by atomic mass is 16.5. The summed E-state index contributed by atoms with van der Waals surface area (Å²) < 4.78 is 5.22. The van der Waals surface area contributed by atoms with E-state index in [0.29, 0.717) is 6.47 Å². The highest BCUT2D eigenvalue weighted by molar-refractivity contribution is 5.77. The molecule has 3 rings (SSSR count). The van der Waals surface area contributed by atoms with Crippen LogP contribution in [0.4, 0.5) is 0 Å². The van der Waals surface area contributed by atoms with Gasteiger partial charge in [-0.3, -0.25) is 9.59 Å². The van der Waals surface area contributed by atoms with Crippen molar-refractivity contribution in [1.82, 2.24) is 0 Å². The lowest BCUT2D eigenvalue weighted by Gasteiger charge is -2.13. The van der Waals surface area contributed by atoms with Gasteiger partial charge in [-0.25, -0.2) is 0 Å². The summed E-state index contributed by atoms with van der Waals surface area (Å²) in [5.74, 6) is -0.596. The SMILES string of the molecule is Cc1ccc(CCCCC2(OC=O)CC2)cc1CCCCCC1(C(=O)O)CC1. The van der Waals surface area contributed by atoms with E-state index in [1.807, 2.05) is 0 Å². The zero-order valence-electron chi connectivity index (χ0n) is 17.2. The molecule has 2 aliphatic carbocycles. The van der Waals surface area contributed by atoms with Crippen LogP contribution in [0.1, 0.15) is 87.3 Å². The highest BCUT2D eigenvalue weighted by Crippen LogP contribution is 2.50. The Labute approximate surface area is 168 Å². The van der Waals surface area contributed by atoms with Crippen molar-refractivity contribution in [2.45, 2.75) is 96.0 Å². The van der Waals surface area contributed by atoms with Crippen LogP contribution >= 0.6 is 0 Å². The monoisotopic (exact) mass is 386 g/mol. The largest absolute Gasteiger partial charge is 0.481 e. The second-order valence-corrected chi connectivity index (χ2v) is 9.01. The minimum atomic E-state index is -0.596. The maximum atomic E-state index is 11.2. The zero-order chi connectivity index (χ0) is 20.0. The number of carbonyl (C=O) groups excluding carboxylic acids is 1. The number of benzene rings is 1. The third kappa shape index (κ3) is 5.59. The van der Waals surface area contributed by atoms with Gasteiger partial charge in [0.05, 0.1) is 5.41 Å². The maximum Gasteiger partial charge on any atom is 0.309 e. The molecule has 2 saturated carbocycles. The molecule has 154 valence electrons. The van der Waals surface area contributed by atoms with Crippen LogP contribution < -0.4 is 0 Å². The van der Waals surface area contributed by atoms with Crippen molar-refractivity contribution in [3.63, 3.8) is 0 Å². The van der Waals surface area contributed by atoms with Crippen molar-refractivity contribution in [3.05, 3.63) is 34.9 Å². The standard InChI is InChI=1S/C24H34O4/c1-19-9-10-20(7-4-6-12-24(15-16-24)28-18-25)17-21(19)8-3-2-5-11-23(13-14-23)22(26)27/h9-10,17-18H,2-8,11-16H2,1H3,(H,26,27). The first-order valence-electron chi connectivity index (χ1n) is 10.9. The number of carboxylic acids is 1. The average molecular weight is 387 g/mol. The van der Waals surface area contributed by atoms with Gasteiger partial charge in [-0.1, -0.05) is 31.0 Å². The van der Waals surface area contributed by atoms with Gasteiger partial charge in [0.2, 0.25) is 0 Å². The molecule has 0 unspecified atom stereocenters. The van der Waals surface area contributed by atoms with Gasteiger partial charge in [-0.15, -0.1) is 0 Å². The minimum Gasteiger partial charge on any atom is -0.481 e. The second kappa shape index (κ2) is 9.11. The molecule has 0 spiro atoms. The smallest absolute Gasteiger partial charge is 0.309 e. The molecule has 0 radical (unpaired) electrons. The number of hydrogen-bond acceptors (Lipinski definition) is 3. The Morgan fingerprint density at radius 2 is 1.75 bits per heavy atom. The van der Waals surface area contributed by atoms with E-state index in [4.69, 9.17) is 4.74 Å². The van der Waals surface area contributed by atoms with Crippen LogP contribution in [0.15, 0.2) is 18.2 Å². The van der Waals surface area contributed by atoms with E-state index >= 15 is 0 Å². The first-order chi connectivity index (χ1) is 13.5. The quantitative estimate of drug-likeness (QED) is 0.344. The molecule has 0 heterocycles. The molecule has 0 saturated heterocycles. The van der Waals surface area contributed by atoms with Gasteiger partial charge in [0.15, 0.2) is 0 Å². The van der Waals surface area contributed by atoms with Crippen molar-refractivity contribution >= 4 is 12.4 Å². The van der Waals surface area contributed by atoms with Crippen LogP contribution in [0.2, 0.25) is 0 Å². The van der Waals surface area contributed by atoms with Gasteiger partial charge in [0.25, 0.3) is 6.47 Å². The number of carboxylic acid groups (broad SMARTS) is 1. The summed E-state index contributed by atoms with van der Waals surface area (Å²) in [5, 5.41) is 9.25. The third-order valence-electron chi connectivity index (χ3n) is 6.78. The summed E-state index contributed by atoms with van der Waals surface area (Å²) in [4.78, 5) is 21.8. The van der Waals surface area contributed by atoms with E-state index in [-0.39, 0.29) is 11.0 Å². The Morgan fingerprint density at radius 3 is 2.39 bits per heavy atom. The van der Waals surface area contributed by atoms with Gasteiger partial charge < -0.3 is 9.84 Å². The van der Waals surface area contributed by atoms with E-state index in [2.05, 4.69) is 25.1 Å². The first kappa shape index (κ1) is 20.9. The Hall–Kier alpha value is -1.84. The first-order valence-corrected chi connectivity index (χ1v) is 10.9. The number of aryl methyl sites for hydroxylation is 3. The van der Waals surface area contributed by atoms with E-state index in [1.54, 1.807) is 0 Å². The summed E-state index contributed by atoms with van der Waals surface area (Å²) in [6, 6.07) is 6.81. The molecule has 4 nitrogen and oxygen atoms in total. The van der Waals surface area contributed by atoms with E-state index in [1.165, 1.54) is 16.7 Å². The Bertz CT molecular complexity index is 686. The molecule has 0 aliphatic heterocycles. The molecule has 1 aromatic rings. The van der Waals surface area contributed by atoms with E-state index in [0.717, 1.165) is 83.5 Å². The van der Waals surface area contributed by atoms with Crippen LogP contribution in [0.5, 0.6) is 0 Å². The molecular weight excluding hydrogens is 352 g/mol. The number of aliphatic carboxylic acids is 1. The number of unbranched alkanes of at least 4 members (excludes halogenated alkanes) is 3. The fourth-order valence-corrected chi connectivity index (χ4v) is 4.27. The highest BCUT2D eigenvalue weighted by Gasteiger charge is 2.49. The molecule has 0 amide bonds. The van der Waals surface area contributed by atoms with Crippen LogP contribution in [0.3, 0.4) is 0 Å². The lowest BCUT2D eigenvalue weighted by atomic mass is 9.95. The third-order valence-corrected chi connectivity index (χ3v) is 6.78. The molecule has 4 heteroatoms. The van der Waals surface area contributed by atoms with Crippen molar-refractivity contribution in [2.75, 3.05) is 0 Å². The fraction of sp³-hybridized carbons (Fsp3) is 0.667. The normalized spacial score (nSPS) is 18.5. The van der Waals surface area contributed by atoms with Crippen molar-refractivity contribution in [3.8, 4) is 0 Å². The Morgan fingerprint density at radius 1 is 1.04 bits per heavy atom. The molecule has 1 N–H and O–H groups in total. The molecule has 0 atom stereocenters. The molecule has 0 bridgehead atoms. The molecule has 1 aromatic carbocycles. The molecular formula is C24H34O4. The van der Waals surface area contributed by atoms with Crippen LogP contribution in [-0.2, 0) is 27.2 Å². The van der Waals surface area contributed by atoms with Crippen LogP contribution in [-0.4, -0.2) is 23.1 Å². The van der Waals surface area contributed by atoms with Gasteiger partial charge in [-0.2, -0.15) is 0 Å². The van der Waals surface area contributed by atoms with Crippen LogP contribution in [0, 0.1) is 12.3 Å². The van der Waals surface area contributed by atoms with E-state index in [9.17, 15) is 14.7 Å². The van der Waals surface area contributed by atoms with Crippen LogP contribution in [0.25, 0.3) is 0 Å². The second-order valence-electron chi connectivity index (χ2n) is 9.01. The molecule has 2 aliphatic rings. The molecule has 2 fully saturated rings. The minimum absolute atomic E-state index is 0.125. The van der Waals surface area contributed by atoms with Gasteiger partial charge >= 0.3 is 5.97 Å². The van der Waals surface area contributed by atoms with Gasteiger partial charge in [-0.05, 0) is 94.2 Å². The number of carbonyl (C=O) groups is 2. The summed E-state index contributed by atoms with van der Waals surface area (Å²) >= 11 is 0. The van der Waals surface area contributed by atoms with Crippen molar-refractivity contribution in [2.24, 2.45) is 5.41 Å². The predicted molar refractivity (Wildman–Crippen MR) is 109 cm³/mol. The zero-order valence-corrected chi connectivity index (χ0v) is 17.2. The Kier molecular flexibility index (Phi) is 6.79. The van der Waals surface area contributed by atoms with E-state index < -0.39 is 5.97 Å². The lowest BCUT2D eigenvalue weighted by molar-refractivity contribution is -0.143. The van der Waals surface area contributed by atoms with Crippen molar-refractivity contribution in [1.29, 1.82) is 0 Å². The number of hydrogen-bond donors (Lipinski definition) is 1. The summed E-state index contributed by atoms with van der Waals surface area (Å²) in [7, 11) is 0. The topological polar surface area (TPSA) is 63.6 Å². The van der Waals surface area contributed by atoms with Gasteiger partial charge in [0, 0.05) is 0 Å². The van der Waals surface area contributed by atoms with Gasteiger partial charge in [0.1, 0.15) is 5.60 Å². The molecule has 0 aromatic heterocycles. The molecule has 28 heavy (non-hydrogen) atoms. The lowest BCUT2D eigenvalue weighted by Crippen LogP contribution is -2.14. The summed E-state index contributed by atoms with van der Waals surface area (Å²) in [6.07, 6.45) is 13.3. The number of ether oxygens (including phenoxy) is 1. The summed E-state index contributed by atoms with van der Waals surface area (Å²) in [6.45, 7) is 2.78.